The van der Waals surface area contributed by atoms with Crippen LogP contribution in [0.5, 0.6) is 11.5 Å². The molecule has 9 heteroatoms. The zero-order valence-electron chi connectivity index (χ0n) is 19.5. The van der Waals surface area contributed by atoms with Crippen molar-refractivity contribution in [3.05, 3.63) is 53.6 Å². The number of para-hydroxylation sites is 3. The molecule has 0 radical (unpaired) electrons. The summed E-state index contributed by atoms with van der Waals surface area (Å²) in [4.78, 5) is 22.5. The number of hydrogen-bond acceptors (Lipinski definition) is 7. The molecule has 0 spiro atoms. The molecule has 0 fully saturated rings. The van der Waals surface area contributed by atoms with E-state index in [0.29, 0.717) is 45.8 Å². The summed E-state index contributed by atoms with van der Waals surface area (Å²) in [7, 11) is 3.13. The highest BCUT2D eigenvalue weighted by molar-refractivity contribution is 6.10. The SMILES string of the molecule is CCCCCNC(=O)c1c(N)n(/N=C\c2cccc(OC)c2OC)c2nc3ccccc3nc12. The highest BCUT2D eigenvalue weighted by atomic mass is 16.5. The number of benzene rings is 2. The number of anilines is 1. The van der Waals surface area contributed by atoms with Gasteiger partial charge in [-0.2, -0.15) is 9.78 Å². The molecule has 2 heterocycles. The van der Waals surface area contributed by atoms with Crippen molar-refractivity contribution in [2.24, 2.45) is 5.10 Å². The predicted octanol–water partition coefficient (Wildman–Crippen LogP) is 3.99. The number of rotatable bonds is 9. The molecule has 2 aromatic heterocycles. The summed E-state index contributed by atoms with van der Waals surface area (Å²) in [6, 6.07) is 12.9. The maximum atomic E-state index is 13.1. The molecule has 0 aliphatic heterocycles. The Morgan fingerprint density at radius 2 is 1.85 bits per heavy atom. The fraction of sp³-hybridized carbons (Fsp3) is 0.280. The lowest BCUT2D eigenvalue weighted by Gasteiger charge is -2.09. The van der Waals surface area contributed by atoms with Crippen molar-refractivity contribution < 1.29 is 14.3 Å². The predicted molar refractivity (Wildman–Crippen MR) is 134 cm³/mol. The molecule has 0 saturated heterocycles. The fourth-order valence-corrected chi connectivity index (χ4v) is 3.79. The van der Waals surface area contributed by atoms with Crippen molar-refractivity contribution in [1.82, 2.24) is 20.0 Å². The van der Waals surface area contributed by atoms with E-state index in [4.69, 9.17) is 25.2 Å². The molecule has 0 aliphatic carbocycles. The topological polar surface area (TPSA) is 117 Å². The number of unbranched alkanes of at least 4 members (excludes halogenated alkanes) is 2. The van der Waals surface area contributed by atoms with Gasteiger partial charge in [0.2, 0.25) is 0 Å². The number of hydrogen-bond donors (Lipinski definition) is 2. The van der Waals surface area contributed by atoms with E-state index in [2.05, 4.69) is 17.3 Å². The first-order valence-corrected chi connectivity index (χ1v) is 11.2. The minimum atomic E-state index is -0.295. The highest BCUT2D eigenvalue weighted by Gasteiger charge is 2.24. The number of nitrogens with one attached hydrogen (secondary N) is 1. The van der Waals surface area contributed by atoms with Crippen molar-refractivity contribution in [3.63, 3.8) is 0 Å². The van der Waals surface area contributed by atoms with E-state index < -0.39 is 0 Å². The molecule has 9 nitrogen and oxygen atoms in total. The van der Waals surface area contributed by atoms with Gasteiger partial charge in [-0.15, -0.1) is 0 Å². The van der Waals surface area contributed by atoms with Gasteiger partial charge in [0.05, 0.1) is 31.5 Å². The van der Waals surface area contributed by atoms with E-state index in [9.17, 15) is 4.79 Å². The number of amides is 1. The number of carbonyl (C=O) groups is 1. The van der Waals surface area contributed by atoms with Crippen molar-refractivity contribution in [2.75, 3.05) is 26.5 Å². The molecule has 1 amide bonds. The van der Waals surface area contributed by atoms with E-state index in [0.717, 1.165) is 19.3 Å². The Morgan fingerprint density at radius 1 is 1.09 bits per heavy atom. The van der Waals surface area contributed by atoms with E-state index in [1.807, 2.05) is 36.4 Å². The van der Waals surface area contributed by atoms with Gasteiger partial charge < -0.3 is 20.5 Å². The van der Waals surface area contributed by atoms with Crippen LogP contribution in [0.3, 0.4) is 0 Å². The molecule has 4 rings (SSSR count). The zero-order chi connectivity index (χ0) is 24.1. The van der Waals surface area contributed by atoms with E-state index in [1.54, 1.807) is 26.5 Å². The van der Waals surface area contributed by atoms with Crippen molar-refractivity contribution in [1.29, 1.82) is 0 Å². The van der Waals surface area contributed by atoms with Crippen molar-refractivity contribution in [3.8, 4) is 11.5 Å². The Bertz CT molecular complexity index is 1360. The number of nitrogens with two attached hydrogens (primary N) is 1. The van der Waals surface area contributed by atoms with Crippen molar-refractivity contribution >= 4 is 40.1 Å². The third kappa shape index (κ3) is 4.36. The third-order valence-electron chi connectivity index (χ3n) is 5.51. The molecule has 0 saturated carbocycles. The van der Waals surface area contributed by atoms with Crippen LogP contribution < -0.4 is 20.5 Å². The summed E-state index contributed by atoms with van der Waals surface area (Å²) in [5, 5.41) is 7.50. The Morgan fingerprint density at radius 3 is 2.56 bits per heavy atom. The Kier molecular flexibility index (Phi) is 6.91. The first kappa shape index (κ1) is 23.0. The number of carbonyl (C=O) groups excluding carboxylic acids is 1. The highest BCUT2D eigenvalue weighted by Crippen LogP contribution is 2.31. The summed E-state index contributed by atoms with van der Waals surface area (Å²) in [6.07, 6.45) is 4.59. The average molecular weight is 461 g/mol. The minimum absolute atomic E-state index is 0.163. The number of ether oxygens (including phenoxy) is 2. The first-order chi connectivity index (χ1) is 16.6. The van der Waals surface area contributed by atoms with Crippen LogP contribution in [0, 0.1) is 0 Å². The summed E-state index contributed by atoms with van der Waals surface area (Å²) >= 11 is 0. The zero-order valence-corrected chi connectivity index (χ0v) is 19.5. The number of aromatic nitrogens is 3. The van der Waals surface area contributed by atoms with Gasteiger partial charge in [0, 0.05) is 12.1 Å². The lowest BCUT2D eigenvalue weighted by atomic mass is 10.2. The van der Waals surface area contributed by atoms with Crippen LogP contribution in [0.1, 0.15) is 42.1 Å². The van der Waals surface area contributed by atoms with Crippen LogP contribution in [-0.2, 0) is 0 Å². The molecule has 2 aromatic carbocycles. The lowest BCUT2D eigenvalue weighted by Crippen LogP contribution is -2.25. The van der Waals surface area contributed by atoms with Crippen LogP contribution >= 0.6 is 0 Å². The smallest absolute Gasteiger partial charge is 0.257 e. The van der Waals surface area contributed by atoms with Gasteiger partial charge in [-0.1, -0.05) is 38.0 Å². The summed E-state index contributed by atoms with van der Waals surface area (Å²) in [5.41, 5.74) is 9.55. The first-order valence-electron chi connectivity index (χ1n) is 11.2. The van der Waals surface area contributed by atoms with E-state index in [-0.39, 0.29) is 17.3 Å². The van der Waals surface area contributed by atoms with E-state index in [1.165, 1.54) is 4.68 Å². The molecule has 176 valence electrons. The minimum Gasteiger partial charge on any atom is -0.493 e. The quantitative estimate of drug-likeness (QED) is 0.288. The van der Waals surface area contributed by atoms with E-state index >= 15 is 0 Å². The molecule has 0 bridgehead atoms. The molecular weight excluding hydrogens is 432 g/mol. The number of nitrogen functional groups attached to an aromatic ring is 1. The molecular formula is C25H28N6O3. The van der Waals surface area contributed by atoms with Crippen LogP contribution in [-0.4, -0.2) is 47.5 Å². The third-order valence-corrected chi connectivity index (χ3v) is 5.51. The largest absolute Gasteiger partial charge is 0.493 e. The van der Waals surface area contributed by atoms with Gasteiger partial charge in [-0.25, -0.2) is 9.97 Å². The summed E-state index contributed by atoms with van der Waals surface area (Å²) in [5.74, 6) is 0.983. The van der Waals surface area contributed by atoms with Gasteiger partial charge in [0.1, 0.15) is 16.9 Å². The fourth-order valence-electron chi connectivity index (χ4n) is 3.79. The van der Waals surface area contributed by atoms with Gasteiger partial charge in [-0.05, 0) is 30.7 Å². The number of fused-ring (bicyclic) bond motifs is 2. The monoisotopic (exact) mass is 460 g/mol. The standard InChI is InChI=1S/C25H28N6O3/c1-4-5-8-14-27-25(32)20-21-24(30-18-12-7-6-11-17(18)29-21)31(23(20)26)28-15-16-10-9-13-19(33-2)22(16)34-3/h6-7,9-13,15H,4-5,8,14,26H2,1-3H3,(H,27,32)/b28-15-. The van der Waals surface area contributed by atoms with Crippen LogP contribution in [0.2, 0.25) is 0 Å². The maximum absolute atomic E-state index is 13.1. The second kappa shape index (κ2) is 10.2. The second-order valence-corrected chi connectivity index (χ2v) is 7.75. The van der Waals surface area contributed by atoms with Crippen LogP contribution in [0.25, 0.3) is 22.2 Å². The Labute approximate surface area is 197 Å². The molecule has 34 heavy (non-hydrogen) atoms. The molecule has 3 N–H and O–H groups in total. The molecule has 4 aromatic rings. The second-order valence-electron chi connectivity index (χ2n) is 7.75. The number of nitrogens with zero attached hydrogens (tertiary/aromatic N) is 4. The van der Waals surface area contributed by atoms with Gasteiger partial charge in [0.25, 0.3) is 5.91 Å². The molecule has 0 atom stereocenters. The Hall–Kier alpha value is -4.14. The normalized spacial score (nSPS) is 11.4. The maximum Gasteiger partial charge on any atom is 0.257 e. The molecule has 0 unspecified atom stereocenters. The molecule has 0 aliphatic rings. The lowest BCUT2D eigenvalue weighted by molar-refractivity contribution is 0.0955. The van der Waals surface area contributed by atoms with Gasteiger partial charge >= 0.3 is 0 Å². The van der Waals surface area contributed by atoms with Crippen LogP contribution in [0.4, 0.5) is 5.82 Å². The van der Waals surface area contributed by atoms with Crippen molar-refractivity contribution in [2.45, 2.75) is 26.2 Å². The summed E-state index contributed by atoms with van der Waals surface area (Å²) in [6.45, 7) is 2.67. The average Bonchev–Trinajstić information content (AvgIpc) is 3.13. The number of methoxy groups -OCH3 is 2. The van der Waals surface area contributed by atoms with Crippen LogP contribution in [0.15, 0.2) is 47.6 Å². The van der Waals surface area contributed by atoms with Gasteiger partial charge in [-0.3, -0.25) is 4.79 Å². The van der Waals surface area contributed by atoms with Gasteiger partial charge in [0.15, 0.2) is 17.1 Å². The summed E-state index contributed by atoms with van der Waals surface area (Å²) < 4.78 is 12.3. The Balaban J connectivity index is 1.83.